The van der Waals surface area contributed by atoms with E-state index >= 15 is 0 Å². The lowest BCUT2D eigenvalue weighted by Crippen LogP contribution is -1.86. The Morgan fingerprint density at radius 2 is 1.71 bits per heavy atom. The Morgan fingerprint density at radius 1 is 1.05 bits per heavy atom. The van der Waals surface area contributed by atoms with Gasteiger partial charge in [-0.15, -0.1) is 5.73 Å². The fourth-order valence-electron chi connectivity index (χ4n) is 1.93. The zero-order chi connectivity index (χ0) is 15.9. The minimum Gasteiger partial charge on any atom is -0.121 e. The standard InChI is InChI=1S/C14H14.C7H16/c1-4-12(3)14(5-2)13-10-8-6-7-9-11-13;1-3-5-7-6-4-2/h4-6,8-11H,1-2H2,3H3;3-7H2,1-2H3/b14-12+;. The second-order valence-corrected chi connectivity index (χ2v) is 5.05. The first kappa shape index (κ1) is 19.2. The molecule has 0 heteroatoms. The molecular weight excluding hydrogens is 252 g/mol. The first-order chi connectivity index (χ1) is 10.2. The molecule has 1 aliphatic rings. The van der Waals surface area contributed by atoms with Crippen molar-refractivity contribution >= 4 is 0 Å². The molecular formula is C21H30. The van der Waals surface area contributed by atoms with Crippen LogP contribution >= 0.6 is 0 Å². The highest BCUT2D eigenvalue weighted by molar-refractivity contribution is 5.52. The van der Waals surface area contributed by atoms with Crippen LogP contribution < -0.4 is 0 Å². The zero-order valence-corrected chi connectivity index (χ0v) is 14.0. The van der Waals surface area contributed by atoms with E-state index in [1.165, 1.54) is 32.1 Å². The van der Waals surface area contributed by atoms with Crippen LogP contribution in [-0.4, -0.2) is 0 Å². The predicted octanol–water partition coefficient (Wildman–Crippen LogP) is 6.86. The predicted molar refractivity (Wildman–Crippen MR) is 97.4 cm³/mol. The maximum absolute atomic E-state index is 3.81. The van der Waals surface area contributed by atoms with E-state index in [2.05, 4.69) is 32.7 Å². The van der Waals surface area contributed by atoms with Gasteiger partial charge in [-0.3, -0.25) is 0 Å². The van der Waals surface area contributed by atoms with Gasteiger partial charge in [0.05, 0.1) is 0 Å². The molecule has 0 spiro atoms. The van der Waals surface area contributed by atoms with E-state index in [-0.39, 0.29) is 0 Å². The topological polar surface area (TPSA) is 0 Å². The molecule has 0 atom stereocenters. The van der Waals surface area contributed by atoms with Crippen molar-refractivity contribution in [2.45, 2.75) is 52.9 Å². The van der Waals surface area contributed by atoms with E-state index in [0.717, 1.165) is 16.7 Å². The summed E-state index contributed by atoms with van der Waals surface area (Å²) in [6.45, 7) is 14.1. The average molecular weight is 282 g/mol. The molecule has 114 valence electrons. The third-order valence-corrected chi connectivity index (χ3v) is 3.28. The van der Waals surface area contributed by atoms with Gasteiger partial charge in [0.15, 0.2) is 0 Å². The normalized spacial score (nSPS) is 13.6. The maximum Gasteiger partial charge on any atom is -0.0161 e. The molecule has 0 saturated heterocycles. The molecule has 0 radical (unpaired) electrons. The summed E-state index contributed by atoms with van der Waals surface area (Å²) in [6.07, 6.45) is 20.5. The summed E-state index contributed by atoms with van der Waals surface area (Å²) in [5.74, 6) is 0. The molecule has 0 fully saturated rings. The van der Waals surface area contributed by atoms with Crippen LogP contribution in [0.5, 0.6) is 0 Å². The summed E-state index contributed by atoms with van der Waals surface area (Å²) >= 11 is 0. The molecule has 0 N–H and O–H groups in total. The van der Waals surface area contributed by atoms with Crippen LogP contribution in [0.25, 0.3) is 0 Å². The van der Waals surface area contributed by atoms with Gasteiger partial charge in [-0.1, -0.05) is 83.4 Å². The van der Waals surface area contributed by atoms with Gasteiger partial charge in [-0.2, -0.15) is 0 Å². The van der Waals surface area contributed by atoms with Gasteiger partial charge in [0.2, 0.25) is 0 Å². The fraction of sp³-hybridized carbons (Fsp3) is 0.381. The lowest BCUT2D eigenvalue weighted by atomic mass is 10.00. The molecule has 0 aliphatic heterocycles. The number of allylic oxidation sites excluding steroid dienone is 9. The number of rotatable bonds is 7. The van der Waals surface area contributed by atoms with E-state index in [1.807, 2.05) is 49.5 Å². The molecule has 0 nitrogen and oxygen atoms in total. The lowest BCUT2D eigenvalue weighted by Gasteiger charge is -2.05. The number of unbranched alkanes of at least 4 members (excludes halogenated alkanes) is 4. The molecule has 0 aromatic rings. The van der Waals surface area contributed by atoms with E-state index in [0.29, 0.717) is 0 Å². The van der Waals surface area contributed by atoms with Crippen molar-refractivity contribution < 1.29 is 0 Å². The van der Waals surface area contributed by atoms with Crippen LogP contribution in [0.1, 0.15) is 52.9 Å². The Hall–Kier alpha value is -1.78. The maximum atomic E-state index is 3.81. The van der Waals surface area contributed by atoms with Crippen molar-refractivity contribution in [1.29, 1.82) is 0 Å². The largest absolute Gasteiger partial charge is 0.121 e. The third kappa shape index (κ3) is 8.89. The Bertz CT molecular complexity index is 456. The minimum atomic E-state index is 1.12. The summed E-state index contributed by atoms with van der Waals surface area (Å²) in [4.78, 5) is 0. The summed E-state index contributed by atoms with van der Waals surface area (Å²) in [5.41, 5.74) is 6.40. The van der Waals surface area contributed by atoms with Crippen molar-refractivity contribution in [3.63, 3.8) is 0 Å². The van der Waals surface area contributed by atoms with Crippen molar-refractivity contribution in [1.82, 2.24) is 0 Å². The van der Waals surface area contributed by atoms with Gasteiger partial charge in [-0.25, -0.2) is 0 Å². The molecule has 0 amide bonds. The molecule has 21 heavy (non-hydrogen) atoms. The van der Waals surface area contributed by atoms with Gasteiger partial charge in [0.1, 0.15) is 0 Å². The van der Waals surface area contributed by atoms with Crippen LogP contribution in [0, 0.1) is 0 Å². The quantitative estimate of drug-likeness (QED) is 0.272. The molecule has 1 rings (SSSR count). The van der Waals surface area contributed by atoms with E-state index in [1.54, 1.807) is 0 Å². The van der Waals surface area contributed by atoms with Crippen LogP contribution in [0.15, 0.2) is 78.1 Å². The van der Waals surface area contributed by atoms with Gasteiger partial charge in [0, 0.05) is 0 Å². The van der Waals surface area contributed by atoms with Gasteiger partial charge in [-0.05, 0) is 41.9 Å². The highest BCUT2D eigenvalue weighted by Crippen LogP contribution is 2.19. The third-order valence-electron chi connectivity index (χ3n) is 3.28. The van der Waals surface area contributed by atoms with Gasteiger partial charge in [0.25, 0.3) is 0 Å². The summed E-state index contributed by atoms with van der Waals surface area (Å²) in [7, 11) is 0. The molecule has 0 bridgehead atoms. The van der Waals surface area contributed by atoms with Crippen molar-refractivity contribution in [2.24, 2.45) is 0 Å². The first-order valence-corrected chi connectivity index (χ1v) is 7.96. The van der Waals surface area contributed by atoms with Crippen LogP contribution in [0.4, 0.5) is 0 Å². The van der Waals surface area contributed by atoms with E-state index in [4.69, 9.17) is 0 Å². The Morgan fingerprint density at radius 3 is 2.24 bits per heavy atom. The number of hydrogen-bond acceptors (Lipinski definition) is 0. The van der Waals surface area contributed by atoms with Crippen molar-refractivity contribution in [2.75, 3.05) is 0 Å². The molecule has 0 heterocycles. The first-order valence-electron chi connectivity index (χ1n) is 7.96. The molecule has 0 aromatic heterocycles. The zero-order valence-electron chi connectivity index (χ0n) is 14.0. The summed E-state index contributed by atoms with van der Waals surface area (Å²) in [5, 5.41) is 0. The number of hydrogen-bond donors (Lipinski definition) is 0. The molecule has 0 unspecified atom stereocenters. The Balaban J connectivity index is 0.000000486. The molecule has 1 aliphatic carbocycles. The minimum absolute atomic E-state index is 1.12. The van der Waals surface area contributed by atoms with Crippen LogP contribution in [-0.2, 0) is 0 Å². The second-order valence-electron chi connectivity index (χ2n) is 5.05. The van der Waals surface area contributed by atoms with E-state index in [9.17, 15) is 0 Å². The van der Waals surface area contributed by atoms with E-state index < -0.39 is 0 Å². The monoisotopic (exact) mass is 282 g/mol. The highest BCUT2D eigenvalue weighted by Gasteiger charge is 2.00. The van der Waals surface area contributed by atoms with Crippen LogP contribution in [0.2, 0.25) is 0 Å². The fourth-order valence-corrected chi connectivity index (χ4v) is 1.93. The Kier molecular flexibility index (Phi) is 12.1. The lowest BCUT2D eigenvalue weighted by molar-refractivity contribution is 0.656. The van der Waals surface area contributed by atoms with Gasteiger partial charge < -0.3 is 0 Å². The molecule has 0 saturated carbocycles. The average Bonchev–Trinajstić information content (AvgIpc) is 2.78. The van der Waals surface area contributed by atoms with Crippen LogP contribution in [0.3, 0.4) is 0 Å². The Labute approximate surface area is 131 Å². The summed E-state index contributed by atoms with van der Waals surface area (Å²) in [6, 6.07) is 0. The smallest absolute Gasteiger partial charge is 0.0161 e. The SMILES string of the molecule is C=C/C(C)=C(\C=C)C1=CC=C=CC=C1.CCCCCCC. The van der Waals surface area contributed by atoms with Crippen molar-refractivity contribution in [3.8, 4) is 0 Å². The van der Waals surface area contributed by atoms with Gasteiger partial charge >= 0.3 is 0 Å². The second kappa shape index (κ2) is 13.2. The highest BCUT2D eigenvalue weighted by atomic mass is 14.0. The van der Waals surface area contributed by atoms with Crippen molar-refractivity contribution in [3.05, 3.63) is 78.1 Å². The molecule has 0 aromatic carbocycles. The summed E-state index contributed by atoms with van der Waals surface area (Å²) < 4.78 is 0.